The number of nitrogens with one attached hydrogen (secondary N) is 1. The van der Waals surface area contributed by atoms with E-state index in [1.807, 2.05) is 0 Å². The van der Waals surface area contributed by atoms with Crippen molar-refractivity contribution in [2.75, 3.05) is 16.2 Å². The summed E-state index contributed by atoms with van der Waals surface area (Å²) in [7, 11) is -3.85. The lowest BCUT2D eigenvalue weighted by Crippen LogP contribution is -2.33. The summed E-state index contributed by atoms with van der Waals surface area (Å²) in [5.74, 6) is -0.277. The summed E-state index contributed by atoms with van der Waals surface area (Å²) in [6.07, 6.45) is 1.50. The van der Waals surface area contributed by atoms with Gasteiger partial charge in [0.2, 0.25) is 5.91 Å². The number of sulfonamides is 1. The maximum atomic E-state index is 12.8. The number of anilines is 2. The molecule has 0 radical (unpaired) electrons. The Morgan fingerprint density at radius 2 is 1.81 bits per heavy atom. The number of rotatable bonds is 4. The molecule has 0 saturated heterocycles. The first-order valence-electron chi connectivity index (χ1n) is 8.33. The van der Waals surface area contributed by atoms with Gasteiger partial charge in [-0.2, -0.15) is 0 Å². The van der Waals surface area contributed by atoms with Crippen LogP contribution in [0.5, 0.6) is 0 Å². The first-order chi connectivity index (χ1) is 12.3. The Kier molecular flexibility index (Phi) is 4.82. The van der Waals surface area contributed by atoms with Crippen LogP contribution < -0.4 is 9.62 Å². The van der Waals surface area contributed by atoms with E-state index < -0.39 is 10.0 Å². The number of carbonyl (C=O) groups excluding carboxylic acids is 2. The lowest BCUT2D eigenvalue weighted by molar-refractivity contribution is -0.116. The number of carbonyl (C=O) groups is 2. The lowest BCUT2D eigenvalue weighted by Gasteiger charge is -2.28. The van der Waals surface area contributed by atoms with Gasteiger partial charge in [0, 0.05) is 24.7 Å². The van der Waals surface area contributed by atoms with Crippen LogP contribution in [0.3, 0.4) is 0 Å². The molecule has 1 aliphatic rings. The van der Waals surface area contributed by atoms with Crippen molar-refractivity contribution < 1.29 is 18.0 Å². The number of hydrogen-bond donors (Lipinski definition) is 1. The zero-order chi connectivity index (χ0) is 18.9. The molecule has 2 aromatic rings. The van der Waals surface area contributed by atoms with E-state index in [0.717, 1.165) is 17.7 Å². The molecule has 3 rings (SSSR count). The molecule has 7 heteroatoms. The number of fused-ring (bicyclic) bond motifs is 1. The molecular weight excluding hydrogens is 352 g/mol. The Labute approximate surface area is 152 Å². The van der Waals surface area contributed by atoms with Crippen molar-refractivity contribution in [1.82, 2.24) is 0 Å². The van der Waals surface area contributed by atoms with E-state index >= 15 is 0 Å². The maximum Gasteiger partial charge on any atom is 0.261 e. The van der Waals surface area contributed by atoms with Gasteiger partial charge >= 0.3 is 0 Å². The Morgan fingerprint density at radius 1 is 1.08 bits per heavy atom. The molecular formula is C19H20N2O4S. The van der Waals surface area contributed by atoms with Crippen LogP contribution in [0.4, 0.5) is 11.4 Å². The summed E-state index contributed by atoms with van der Waals surface area (Å²) in [5.41, 5.74) is 2.15. The van der Waals surface area contributed by atoms with E-state index in [4.69, 9.17) is 0 Å². The number of para-hydroxylation sites is 1. The Hall–Kier alpha value is -2.67. The number of amides is 1. The Morgan fingerprint density at radius 3 is 2.50 bits per heavy atom. The van der Waals surface area contributed by atoms with E-state index in [1.165, 1.54) is 19.9 Å². The number of benzene rings is 2. The third kappa shape index (κ3) is 3.48. The Bertz CT molecular complexity index is 983. The number of aryl methyl sites for hydroxylation is 1. The second kappa shape index (κ2) is 6.92. The highest BCUT2D eigenvalue weighted by Crippen LogP contribution is 2.30. The summed E-state index contributed by atoms with van der Waals surface area (Å²) in [6.45, 7) is 3.53. The summed E-state index contributed by atoms with van der Waals surface area (Å²) >= 11 is 0. The summed E-state index contributed by atoms with van der Waals surface area (Å²) in [4.78, 5) is 25.2. The van der Waals surface area contributed by atoms with Gasteiger partial charge < -0.3 is 4.90 Å². The zero-order valence-electron chi connectivity index (χ0n) is 14.7. The van der Waals surface area contributed by atoms with Crippen molar-refractivity contribution in [3.8, 4) is 0 Å². The molecule has 0 aliphatic carbocycles. The molecule has 0 saturated carbocycles. The quantitative estimate of drug-likeness (QED) is 0.837. The van der Waals surface area contributed by atoms with Crippen molar-refractivity contribution in [3.05, 3.63) is 53.6 Å². The minimum absolute atomic E-state index is 0.0601. The molecule has 0 unspecified atom stereocenters. The third-order valence-electron chi connectivity index (χ3n) is 4.41. The smallest absolute Gasteiger partial charge is 0.261 e. The van der Waals surface area contributed by atoms with Crippen molar-refractivity contribution in [2.45, 2.75) is 31.6 Å². The predicted molar refractivity (Wildman–Crippen MR) is 100 cm³/mol. The summed E-state index contributed by atoms with van der Waals surface area (Å²) in [6, 6.07) is 11.2. The molecule has 2 aromatic carbocycles. The average Bonchev–Trinajstić information content (AvgIpc) is 2.60. The normalized spacial score (nSPS) is 13.8. The molecule has 0 spiro atoms. The first-order valence-corrected chi connectivity index (χ1v) is 9.82. The van der Waals surface area contributed by atoms with E-state index in [1.54, 1.807) is 41.3 Å². The van der Waals surface area contributed by atoms with Gasteiger partial charge in [0.1, 0.15) is 0 Å². The van der Waals surface area contributed by atoms with Crippen LogP contribution in [0.1, 0.15) is 36.2 Å². The van der Waals surface area contributed by atoms with E-state index in [9.17, 15) is 18.0 Å². The molecule has 0 bridgehead atoms. The van der Waals surface area contributed by atoms with Crippen LogP contribution in [0.15, 0.2) is 47.4 Å². The van der Waals surface area contributed by atoms with Crippen LogP contribution >= 0.6 is 0 Å². The number of nitrogens with zero attached hydrogens (tertiary/aromatic N) is 1. The Balaban J connectivity index is 1.96. The third-order valence-corrected chi connectivity index (χ3v) is 5.77. The molecule has 136 valence electrons. The van der Waals surface area contributed by atoms with Crippen molar-refractivity contribution >= 4 is 33.1 Å². The minimum Gasteiger partial charge on any atom is -0.312 e. The van der Waals surface area contributed by atoms with Crippen molar-refractivity contribution in [1.29, 1.82) is 0 Å². The number of Topliss-reactive ketones (excluding diaryl/α,β-unsaturated/α-hetero) is 1. The van der Waals surface area contributed by atoms with Crippen LogP contribution in [0.25, 0.3) is 0 Å². The topological polar surface area (TPSA) is 83.6 Å². The average molecular weight is 372 g/mol. The molecule has 1 amide bonds. The van der Waals surface area contributed by atoms with Gasteiger partial charge in [0.25, 0.3) is 10.0 Å². The molecule has 1 N–H and O–H groups in total. The van der Waals surface area contributed by atoms with Crippen LogP contribution in [-0.4, -0.2) is 26.7 Å². The highest BCUT2D eigenvalue weighted by Gasteiger charge is 2.23. The van der Waals surface area contributed by atoms with Gasteiger partial charge in [0.15, 0.2) is 5.78 Å². The molecule has 26 heavy (non-hydrogen) atoms. The van der Waals surface area contributed by atoms with Crippen LogP contribution in [0.2, 0.25) is 0 Å². The molecule has 0 aromatic heterocycles. The molecule has 0 fully saturated rings. The lowest BCUT2D eigenvalue weighted by atomic mass is 10.0. The monoisotopic (exact) mass is 372 g/mol. The van der Waals surface area contributed by atoms with E-state index in [-0.39, 0.29) is 22.3 Å². The predicted octanol–water partition coefficient (Wildman–Crippen LogP) is 2.99. The molecule has 1 heterocycles. The fourth-order valence-corrected chi connectivity index (χ4v) is 4.28. The molecule has 6 nitrogen and oxygen atoms in total. The second-order valence-electron chi connectivity index (χ2n) is 6.27. The largest absolute Gasteiger partial charge is 0.312 e. The second-order valence-corrected chi connectivity index (χ2v) is 7.95. The minimum atomic E-state index is -3.85. The van der Waals surface area contributed by atoms with Gasteiger partial charge in [-0.25, -0.2) is 8.42 Å². The van der Waals surface area contributed by atoms with Gasteiger partial charge in [0.05, 0.1) is 10.6 Å². The van der Waals surface area contributed by atoms with Crippen LogP contribution in [0, 0.1) is 0 Å². The van der Waals surface area contributed by atoms with Crippen molar-refractivity contribution in [3.63, 3.8) is 0 Å². The van der Waals surface area contributed by atoms with Crippen LogP contribution in [-0.2, 0) is 21.2 Å². The fraction of sp³-hybridized carbons (Fsp3) is 0.263. The fourth-order valence-electron chi connectivity index (χ4n) is 3.15. The molecule has 0 atom stereocenters. The van der Waals surface area contributed by atoms with E-state index in [0.29, 0.717) is 18.5 Å². The first kappa shape index (κ1) is 18.1. The van der Waals surface area contributed by atoms with Gasteiger partial charge in [-0.1, -0.05) is 12.1 Å². The van der Waals surface area contributed by atoms with E-state index in [2.05, 4.69) is 4.72 Å². The number of ketones is 1. The SMILES string of the molecule is CC(=O)c1ccccc1NS(=O)(=O)c1ccc2c(c1)CCCN2C(C)=O. The van der Waals surface area contributed by atoms with Gasteiger partial charge in [-0.3, -0.25) is 14.3 Å². The summed E-state index contributed by atoms with van der Waals surface area (Å²) in [5, 5.41) is 0. The zero-order valence-corrected chi connectivity index (χ0v) is 15.5. The highest BCUT2D eigenvalue weighted by atomic mass is 32.2. The van der Waals surface area contributed by atoms with Gasteiger partial charge in [-0.05, 0) is 55.7 Å². The van der Waals surface area contributed by atoms with Crippen molar-refractivity contribution in [2.24, 2.45) is 0 Å². The highest BCUT2D eigenvalue weighted by molar-refractivity contribution is 7.92. The standard InChI is InChI=1S/C19H20N2O4S/c1-13(22)17-7-3-4-8-18(17)20-26(24,25)16-9-10-19-15(12-16)6-5-11-21(19)14(2)23/h3-4,7-10,12,20H,5-6,11H2,1-2H3. The van der Waals surface area contributed by atoms with Gasteiger partial charge in [-0.15, -0.1) is 0 Å². The maximum absolute atomic E-state index is 12.8. The summed E-state index contributed by atoms with van der Waals surface area (Å²) < 4.78 is 28.0. The number of hydrogen-bond acceptors (Lipinski definition) is 4. The molecule has 1 aliphatic heterocycles.